The molecule has 0 aliphatic heterocycles. The molecule has 0 spiro atoms. The van der Waals surface area contributed by atoms with E-state index in [1.807, 2.05) is 36.2 Å². The summed E-state index contributed by atoms with van der Waals surface area (Å²) < 4.78 is 5.32. The molecular weight excluding hydrogens is 228 g/mol. The second-order valence-corrected chi connectivity index (χ2v) is 4.89. The average molecular weight is 250 g/mol. The van der Waals surface area contributed by atoms with Crippen molar-refractivity contribution in [2.24, 2.45) is 0 Å². The fourth-order valence-corrected chi connectivity index (χ4v) is 2.01. The van der Waals surface area contributed by atoms with Gasteiger partial charge in [-0.2, -0.15) is 0 Å². The van der Waals surface area contributed by atoms with E-state index < -0.39 is 0 Å². The first-order valence-electron chi connectivity index (χ1n) is 6.46. The number of benzene rings is 1. The number of hydrogen-bond acceptors (Lipinski definition) is 4. The highest BCUT2D eigenvalue weighted by Gasteiger charge is 2.21. The first-order chi connectivity index (χ1) is 8.70. The van der Waals surface area contributed by atoms with Crippen molar-refractivity contribution in [2.75, 3.05) is 32.1 Å². The summed E-state index contributed by atoms with van der Waals surface area (Å²) in [5.41, 5.74) is 1.01. The molecule has 1 aliphatic rings. The normalized spacial score (nSPS) is 16.4. The minimum atomic E-state index is -0.361. The molecule has 0 aromatic heterocycles. The molecular formula is C14H22N2O2. The summed E-state index contributed by atoms with van der Waals surface area (Å²) in [5.74, 6) is 0.836. The summed E-state index contributed by atoms with van der Waals surface area (Å²) in [6.45, 7) is 1.25. The van der Waals surface area contributed by atoms with Crippen LogP contribution in [0.5, 0.6) is 5.75 Å². The van der Waals surface area contributed by atoms with E-state index in [0.29, 0.717) is 19.1 Å². The third-order valence-electron chi connectivity index (χ3n) is 3.20. The zero-order chi connectivity index (χ0) is 13.0. The van der Waals surface area contributed by atoms with Gasteiger partial charge in [-0.05, 0) is 25.0 Å². The Bertz CT molecular complexity index is 380. The Morgan fingerprint density at radius 2 is 2.17 bits per heavy atom. The van der Waals surface area contributed by atoms with Gasteiger partial charge in [-0.1, -0.05) is 12.1 Å². The lowest BCUT2D eigenvalue weighted by Gasteiger charge is -2.24. The zero-order valence-electron chi connectivity index (χ0n) is 11.1. The van der Waals surface area contributed by atoms with Crippen molar-refractivity contribution >= 4 is 5.69 Å². The fraction of sp³-hybridized carbons (Fsp3) is 0.571. The van der Waals surface area contributed by atoms with Crippen molar-refractivity contribution in [2.45, 2.75) is 25.0 Å². The van der Waals surface area contributed by atoms with Crippen molar-refractivity contribution in [1.82, 2.24) is 5.32 Å². The number of ether oxygens (including phenoxy) is 1. The molecule has 1 saturated carbocycles. The number of methoxy groups -OCH3 is 1. The van der Waals surface area contributed by atoms with Crippen molar-refractivity contribution < 1.29 is 9.84 Å². The summed E-state index contributed by atoms with van der Waals surface area (Å²) in [7, 11) is 3.63. The Balaban J connectivity index is 1.86. The maximum Gasteiger partial charge on any atom is 0.142 e. The van der Waals surface area contributed by atoms with E-state index in [1.165, 1.54) is 12.8 Å². The Hall–Kier alpha value is -1.26. The lowest BCUT2D eigenvalue weighted by atomic mass is 10.2. The highest BCUT2D eigenvalue weighted by atomic mass is 16.5. The Kier molecular flexibility index (Phi) is 4.44. The average Bonchev–Trinajstić information content (AvgIpc) is 3.20. The predicted molar refractivity (Wildman–Crippen MR) is 73.3 cm³/mol. The van der Waals surface area contributed by atoms with Crippen LogP contribution in [-0.4, -0.2) is 44.5 Å². The number of aliphatic hydroxyl groups excluding tert-OH is 1. The molecule has 2 rings (SSSR count). The molecule has 2 N–H and O–H groups in total. The highest BCUT2D eigenvalue weighted by molar-refractivity contribution is 5.57. The van der Waals surface area contributed by atoms with Gasteiger partial charge < -0.3 is 20.1 Å². The lowest BCUT2D eigenvalue weighted by Crippen LogP contribution is -2.37. The van der Waals surface area contributed by atoms with Crippen LogP contribution in [0.25, 0.3) is 0 Å². The van der Waals surface area contributed by atoms with Crippen molar-refractivity contribution in [3.05, 3.63) is 24.3 Å². The van der Waals surface area contributed by atoms with Crippen LogP contribution in [-0.2, 0) is 0 Å². The number of nitrogens with zero attached hydrogens (tertiary/aromatic N) is 1. The van der Waals surface area contributed by atoms with Crippen LogP contribution in [0.15, 0.2) is 24.3 Å². The first-order valence-corrected chi connectivity index (χ1v) is 6.46. The monoisotopic (exact) mass is 250 g/mol. The number of rotatable bonds is 7. The number of aliphatic hydroxyl groups is 1. The SMILES string of the molecule is COc1ccccc1N(C)CC(O)CNC1CC1. The van der Waals surface area contributed by atoms with Gasteiger partial charge in [0.1, 0.15) is 5.75 Å². The molecule has 1 fully saturated rings. The number of hydrogen-bond donors (Lipinski definition) is 2. The van der Waals surface area contributed by atoms with E-state index in [0.717, 1.165) is 11.4 Å². The second kappa shape index (κ2) is 6.07. The topological polar surface area (TPSA) is 44.7 Å². The summed E-state index contributed by atoms with van der Waals surface area (Å²) >= 11 is 0. The van der Waals surface area contributed by atoms with E-state index in [9.17, 15) is 5.11 Å². The van der Waals surface area contributed by atoms with Crippen LogP contribution in [0.4, 0.5) is 5.69 Å². The van der Waals surface area contributed by atoms with Gasteiger partial charge in [0.05, 0.1) is 18.9 Å². The molecule has 1 unspecified atom stereocenters. The fourth-order valence-electron chi connectivity index (χ4n) is 2.01. The molecule has 1 aliphatic carbocycles. The first kappa shape index (κ1) is 13.2. The van der Waals surface area contributed by atoms with Crippen LogP contribution in [0.1, 0.15) is 12.8 Å². The van der Waals surface area contributed by atoms with E-state index >= 15 is 0 Å². The third-order valence-corrected chi connectivity index (χ3v) is 3.20. The van der Waals surface area contributed by atoms with E-state index in [1.54, 1.807) is 7.11 Å². The molecule has 100 valence electrons. The van der Waals surface area contributed by atoms with Gasteiger partial charge in [0.15, 0.2) is 0 Å². The van der Waals surface area contributed by atoms with Crippen molar-refractivity contribution in [1.29, 1.82) is 0 Å². The number of para-hydroxylation sites is 2. The summed E-state index contributed by atoms with van der Waals surface area (Å²) in [4.78, 5) is 2.03. The molecule has 0 amide bonds. The molecule has 1 aromatic carbocycles. The second-order valence-electron chi connectivity index (χ2n) is 4.89. The quantitative estimate of drug-likeness (QED) is 0.764. The standard InChI is InChI=1S/C14H22N2O2/c1-16(10-12(17)9-15-11-7-8-11)13-5-3-4-6-14(13)18-2/h3-6,11-12,15,17H,7-10H2,1-2H3. The van der Waals surface area contributed by atoms with E-state index in [2.05, 4.69) is 5.32 Å². The summed E-state index contributed by atoms with van der Waals surface area (Å²) in [6.07, 6.45) is 2.13. The maximum atomic E-state index is 9.98. The predicted octanol–water partition coefficient (Wildman–Crippen LogP) is 1.24. The molecule has 0 radical (unpaired) electrons. The van der Waals surface area contributed by atoms with Crippen LogP contribution >= 0.6 is 0 Å². The van der Waals surface area contributed by atoms with Crippen LogP contribution < -0.4 is 15.0 Å². The van der Waals surface area contributed by atoms with Gasteiger partial charge in [-0.25, -0.2) is 0 Å². The van der Waals surface area contributed by atoms with Crippen LogP contribution in [0.3, 0.4) is 0 Å². The number of nitrogens with one attached hydrogen (secondary N) is 1. The largest absolute Gasteiger partial charge is 0.495 e. The highest BCUT2D eigenvalue weighted by Crippen LogP contribution is 2.26. The maximum absolute atomic E-state index is 9.98. The summed E-state index contributed by atoms with van der Waals surface area (Å²) in [5, 5.41) is 13.3. The van der Waals surface area contributed by atoms with Crippen LogP contribution in [0, 0.1) is 0 Å². The summed E-state index contributed by atoms with van der Waals surface area (Å²) in [6, 6.07) is 8.49. The lowest BCUT2D eigenvalue weighted by molar-refractivity contribution is 0.177. The molecule has 0 saturated heterocycles. The third kappa shape index (κ3) is 3.62. The molecule has 4 nitrogen and oxygen atoms in total. The van der Waals surface area contributed by atoms with Crippen LogP contribution in [0.2, 0.25) is 0 Å². The van der Waals surface area contributed by atoms with Gasteiger partial charge in [-0.15, -0.1) is 0 Å². The molecule has 0 bridgehead atoms. The molecule has 0 heterocycles. The molecule has 1 atom stereocenters. The minimum Gasteiger partial charge on any atom is -0.495 e. The van der Waals surface area contributed by atoms with Gasteiger partial charge >= 0.3 is 0 Å². The Morgan fingerprint density at radius 1 is 1.44 bits per heavy atom. The molecule has 18 heavy (non-hydrogen) atoms. The molecule has 4 heteroatoms. The van der Waals surface area contributed by atoms with Gasteiger partial charge in [0.25, 0.3) is 0 Å². The zero-order valence-corrected chi connectivity index (χ0v) is 11.1. The number of likely N-dealkylation sites (N-methyl/N-ethyl adjacent to an activating group) is 1. The van der Waals surface area contributed by atoms with E-state index in [4.69, 9.17) is 4.74 Å². The van der Waals surface area contributed by atoms with Gasteiger partial charge in [0, 0.05) is 26.2 Å². The smallest absolute Gasteiger partial charge is 0.142 e. The van der Waals surface area contributed by atoms with Gasteiger partial charge in [-0.3, -0.25) is 0 Å². The minimum absolute atomic E-state index is 0.361. The van der Waals surface area contributed by atoms with Crippen molar-refractivity contribution in [3.8, 4) is 5.75 Å². The molecule has 1 aromatic rings. The Morgan fingerprint density at radius 3 is 2.83 bits per heavy atom. The number of anilines is 1. The van der Waals surface area contributed by atoms with E-state index in [-0.39, 0.29) is 6.10 Å². The Labute approximate surface area is 109 Å². The van der Waals surface area contributed by atoms with Crippen molar-refractivity contribution in [3.63, 3.8) is 0 Å². The van der Waals surface area contributed by atoms with Gasteiger partial charge in [0.2, 0.25) is 0 Å².